The van der Waals surface area contributed by atoms with Gasteiger partial charge in [-0.1, -0.05) is 0 Å². The van der Waals surface area contributed by atoms with Crippen molar-refractivity contribution in [3.63, 3.8) is 0 Å². The third-order valence-corrected chi connectivity index (χ3v) is 6.63. The maximum Gasteiger partial charge on any atom is 0.243 e. The molecule has 1 aromatic rings. The largest absolute Gasteiger partial charge is 0.312 e. The molecule has 1 fully saturated rings. The number of amides is 1. The van der Waals surface area contributed by atoms with E-state index in [1.165, 1.54) is 4.31 Å². The number of likely N-dealkylation sites (N-methyl/N-ethyl adjacent to an activating group) is 1. The highest BCUT2D eigenvalue weighted by Gasteiger charge is 2.44. The summed E-state index contributed by atoms with van der Waals surface area (Å²) in [5.74, 6) is 0.0284. The average Bonchev–Trinajstić information content (AvgIpc) is 3.07. The molecule has 2 aliphatic rings. The molecule has 0 spiro atoms. The zero-order valence-corrected chi connectivity index (χ0v) is 14.1. The summed E-state index contributed by atoms with van der Waals surface area (Å²) in [6, 6.07) is 5.09. The normalized spacial score (nSPS) is 21.4. The third kappa shape index (κ3) is 2.08. The Labute approximate surface area is 132 Å². The molecule has 6 heteroatoms. The number of hydrogen-bond donors (Lipinski definition) is 0. The van der Waals surface area contributed by atoms with Crippen LogP contribution in [0.15, 0.2) is 23.1 Å². The summed E-state index contributed by atoms with van der Waals surface area (Å²) in [5, 5.41) is 0. The molecule has 0 aliphatic carbocycles. The zero-order valence-electron chi connectivity index (χ0n) is 13.3. The molecule has 1 aromatic carbocycles. The predicted molar refractivity (Wildman–Crippen MR) is 85.5 cm³/mol. The summed E-state index contributed by atoms with van der Waals surface area (Å²) >= 11 is 0. The van der Waals surface area contributed by atoms with Crippen molar-refractivity contribution in [1.29, 1.82) is 0 Å². The van der Waals surface area contributed by atoms with Gasteiger partial charge in [0.2, 0.25) is 15.9 Å². The lowest BCUT2D eigenvalue weighted by Crippen LogP contribution is -2.35. The maximum atomic E-state index is 12.7. The Bertz CT molecular complexity index is 719. The van der Waals surface area contributed by atoms with Crippen LogP contribution in [-0.4, -0.2) is 38.3 Å². The second-order valence-corrected chi connectivity index (χ2v) is 8.40. The van der Waals surface area contributed by atoms with E-state index in [0.717, 1.165) is 24.1 Å². The second kappa shape index (κ2) is 5.06. The molecule has 2 aliphatic heterocycles. The van der Waals surface area contributed by atoms with Gasteiger partial charge >= 0.3 is 0 Å². The van der Waals surface area contributed by atoms with E-state index in [2.05, 4.69) is 0 Å². The Morgan fingerprint density at radius 2 is 1.82 bits per heavy atom. The van der Waals surface area contributed by atoms with Crippen LogP contribution in [-0.2, 0) is 20.2 Å². The van der Waals surface area contributed by atoms with E-state index in [4.69, 9.17) is 0 Å². The smallest absolute Gasteiger partial charge is 0.243 e. The van der Waals surface area contributed by atoms with Crippen LogP contribution in [0.3, 0.4) is 0 Å². The molecule has 3 rings (SSSR count). The first-order valence-electron chi connectivity index (χ1n) is 7.77. The first kappa shape index (κ1) is 15.5. The van der Waals surface area contributed by atoms with Gasteiger partial charge in [0.1, 0.15) is 0 Å². The molecule has 2 heterocycles. The molecular weight excluding hydrogens is 300 g/mol. The number of nitrogens with zero attached hydrogens (tertiary/aromatic N) is 2. The van der Waals surface area contributed by atoms with E-state index in [-0.39, 0.29) is 5.91 Å². The molecule has 0 unspecified atom stereocenters. The number of hydrogen-bond acceptors (Lipinski definition) is 3. The van der Waals surface area contributed by atoms with Gasteiger partial charge in [-0.15, -0.1) is 0 Å². The Morgan fingerprint density at radius 1 is 1.18 bits per heavy atom. The first-order chi connectivity index (χ1) is 10.3. The minimum Gasteiger partial charge on any atom is -0.312 e. The van der Waals surface area contributed by atoms with E-state index in [0.29, 0.717) is 24.5 Å². The summed E-state index contributed by atoms with van der Waals surface area (Å²) in [4.78, 5) is 14.5. The summed E-state index contributed by atoms with van der Waals surface area (Å²) in [7, 11) is -3.45. The van der Waals surface area contributed by atoms with Crippen molar-refractivity contribution in [2.75, 3.05) is 24.5 Å². The zero-order chi connectivity index (χ0) is 16.1. The summed E-state index contributed by atoms with van der Waals surface area (Å²) in [5.41, 5.74) is 0.958. The van der Waals surface area contributed by atoms with Crippen LogP contribution in [0.25, 0.3) is 0 Å². The van der Waals surface area contributed by atoms with Crippen molar-refractivity contribution in [1.82, 2.24) is 4.31 Å². The number of anilines is 1. The number of benzene rings is 1. The SMILES string of the molecule is CCN1C(=O)C(C)(C)c2cc(S(=O)(=O)N3CCCC3)ccc21. The maximum absolute atomic E-state index is 12.7. The lowest BCUT2D eigenvalue weighted by Gasteiger charge is -2.19. The Morgan fingerprint density at radius 3 is 2.41 bits per heavy atom. The van der Waals surface area contributed by atoms with Gasteiger partial charge in [-0.05, 0) is 57.4 Å². The molecule has 1 saturated heterocycles. The highest BCUT2D eigenvalue weighted by molar-refractivity contribution is 7.89. The number of carbonyl (C=O) groups is 1. The topological polar surface area (TPSA) is 57.7 Å². The van der Waals surface area contributed by atoms with Crippen LogP contribution in [0.4, 0.5) is 5.69 Å². The molecule has 0 aromatic heterocycles. The molecule has 0 saturated carbocycles. The van der Waals surface area contributed by atoms with E-state index in [1.54, 1.807) is 23.1 Å². The Balaban J connectivity index is 2.09. The van der Waals surface area contributed by atoms with Gasteiger partial charge in [0.15, 0.2) is 0 Å². The molecular formula is C16H22N2O3S. The van der Waals surface area contributed by atoms with Crippen LogP contribution in [0.2, 0.25) is 0 Å². The molecule has 120 valence electrons. The fraction of sp³-hybridized carbons (Fsp3) is 0.562. The van der Waals surface area contributed by atoms with Gasteiger partial charge in [0, 0.05) is 25.3 Å². The molecule has 0 atom stereocenters. The molecule has 1 amide bonds. The number of fused-ring (bicyclic) bond motifs is 1. The van der Waals surface area contributed by atoms with Crippen LogP contribution in [0.1, 0.15) is 39.2 Å². The second-order valence-electron chi connectivity index (χ2n) is 6.46. The van der Waals surface area contributed by atoms with Gasteiger partial charge in [-0.2, -0.15) is 4.31 Å². The van der Waals surface area contributed by atoms with Crippen molar-refractivity contribution >= 4 is 21.6 Å². The average molecular weight is 322 g/mol. The van der Waals surface area contributed by atoms with Crippen LogP contribution in [0.5, 0.6) is 0 Å². The fourth-order valence-electron chi connectivity index (χ4n) is 3.37. The summed E-state index contributed by atoms with van der Waals surface area (Å²) < 4.78 is 26.9. The minimum absolute atomic E-state index is 0.0284. The van der Waals surface area contributed by atoms with Crippen LogP contribution >= 0.6 is 0 Å². The number of rotatable bonds is 3. The van der Waals surface area contributed by atoms with E-state index < -0.39 is 15.4 Å². The van der Waals surface area contributed by atoms with Crippen molar-refractivity contribution in [3.05, 3.63) is 23.8 Å². The van der Waals surface area contributed by atoms with Gasteiger partial charge in [-0.25, -0.2) is 8.42 Å². The van der Waals surface area contributed by atoms with Gasteiger partial charge in [0.05, 0.1) is 10.3 Å². The molecule has 0 N–H and O–H groups in total. The van der Waals surface area contributed by atoms with Crippen molar-refractivity contribution in [3.8, 4) is 0 Å². The Hall–Kier alpha value is -1.40. The molecule has 22 heavy (non-hydrogen) atoms. The molecule has 5 nitrogen and oxygen atoms in total. The van der Waals surface area contributed by atoms with Gasteiger partial charge in [0.25, 0.3) is 0 Å². The van der Waals surface area contributed by atoms with Crippen molar-refractivity contribution in [2.45, 2.75) is 43.9 Å². The third-order valence-electron chi connectivity index (χ3n) is 4.73. The highest BCUT2D eigenvalue weighted by atomic mass is 32.2. The van der Waals surface area contributed by atoms with Crippen LogP contribution < -0.4 is 4.90 Å². The lowest BCUT2D eigenvalue weighted by molar-refractivity contribution is -0.122. The van der Waals surface area contributed by atoms with Crippen LogP contribution in [0, 0.1) is 0 Å². The lowest BCUT2D eigenvalue weighted by atomic mass is 9.86. The fourth-order valence-corrected chi connectivity index (χ4v) is 4.91. The first-order valence-corrected chi connectivity index (χ1v) is 9.21. The molecule has 0 bridgehead atoms. The summed E-state index contributed by atoms with van der Waals surface area (Å²) in [6.07, 6.45) is 1.83. The highest BCUT2D eigenvalue weighted by Crippen LogP contribution is 2.42. The van der Waals surface area contributed by atoms with Gasteiger partial charge in [-0.3, -0.25) is 4.79 Å². The van der Waals surface area contributed by atoms with Crippen molar-refractivity contribution in [2.24, 2.45) is 0 Å². The number of carbonyl (C=O) groups excluding carboxylic acids is 1. The molecule has 0 radical (unpaired) electrons. The minimum atomic E-state index is -3.45. The number of sulfonamides is 1. The van der Waals surface area contributed by atoms with Gasteiger partial charge < -0.3 is 4.90 Å². The Kier molecular flexibility index (Phi) is 3.57. The predicted octanol–water partition coefficient (Wildman–Crippen LogP) is 2.12. The monoisotopic (exact) mass is 322 g/mol. The van der Waals surface area contributed by atoms with E-state index in [9.17, 15) is 13.2 Å². The quantitative estimate of drug-likeness (QED) is 0.856. The van der Waals surface area contributed by atoms with E-state index >= 15 is 0 Å². The summed E-state index contributed by atoms with van der Waals surface area (Å²) in [6.45, 7) is 7.41. The van der Waals surface area contributed by atoms with Crippen molar-refractivity contribution < 1.29 is 13.2 Å². The standard InChI is InChI=1S/C16H22N2O3S/c1-4-18-14-8-7-12(11-13(14)16(2,3)15(18)19)22(20,21)17-9-5-6-10-17/h7-8,11H,4-6,9-10H2,1-3H3. The van der Waals surface area contributed by atoms with E-state index in [1.807, 2.05) is 20.8 Å².